The summed E-state index contributed by atoms with van der Waals surface area (Å²) in [5.41, 5.74) is 8.41. The number of phenolic OH excluding ortho intramolecular Hbond substituents is 1. The minimum absolute atomic E-state index is 0.0702. The SMILES string of the molecule is CN(Cc1cccc(O)c1)C(=O)CCc1cccc(N)c1. The molecule has 0 spiro atoms. The van der Waals surface area contributed by atoms with E-state index in [-0.39, 0.29) is 11.7 Å². The number of aryl methyl sites for hydroxylation is 1. The zero-order valence-corrected chi connectivity index (χ0v) is 12.1. The predicted molar refractivity (Wildman–Crippen MR) is 83.8 cm³/mol. The van der Waals surface area contributed by atoms with Crippen molar-refractivity contribution in [3.63, 3.8) is 0 Å². The molecule has 0 aromatic heterocycles. The standard InChI is InChI=1S/C17H20N2O2/c1-19(12-14-5-3-7-16(20)11-14)17(21)9-8-13-4-2-6-15(18)10-13/h2-7,10-11,20H,8-9,12,18H2,1H3. The molecule has 0 atom stereocenters. The topological polar surface area (TPSA) is 66.6 Å². The van der Waals surface area contributed by atoms with Crippen molar-refractivity contribution in [2.24, 2.45) is 0 Å². The quantitative estimate of drug-likeness (QED) is 0.829. The van der Waals surface area contributed by atoms with Crippen LogP contribution < -0.4 is 5.73 Å². The van der Waals surface area contributed by atoms with Gasteiger partial charge in [-0.1, -0.05) is 24.3 Å². The summed E-state index contributed by atoms with van der Waals surface area (Å²) in [6, 6.07) is 14.5. The Bertz CT molecular complexity index is 626. The van der Waals surface area contributed by atoms with Crippen LogP contribution in [0.3, 0.4) is 0 Å². The van der Waals surface area contributed by atoms with Crippen LogP contribution in [0.5, 0.6) is 5.75 Å². The van der Waals surface area contributed by atoms with Gasteiger partial charge in [0, 0.05) is 25.7 Å². The lowest BCUT2D eigenvalue weighted by Crippen LogP contribution is -2.26. The number of anilines is 1. The Hall–Kier alpha value is -2.49. The zero-order chi connectivity index (χ0) is 15.2. The normalized spacial score (nSPS) is 10.3. The van der Waals surface area contributed by atoms with Gasteiger partial charge in [0.25, 0.3) is 0 Å². The Labute approximate surface area is 124 Å². The van der Waals surface area contributed by atoms with E-state index in [1.54, 1.807) is 30.1 Å². The highest BCUT2D eigenvalue weighted by atomic mass is 16.3. The van der Waals surface area contributed by atoms with E-state index in [2.05, 4.69) is 0 Å². The number of hydrogen-bond donors (Lipinski definition) is 2. The zero-order valence-electron chi connectivity index (χ0n) is 12.1. The first-order chi connectivity index (χ1) is 10.0. The largest absolute Gasteiger partial charge is 0.508 e. The number of hydrogen-bond acceptors (Lipinski definition) is 3. The third kappa shape index (κ3) is 4.53. The second-order valence-corrected chi connectivity index (χ2v) is 5.16. The first-order valence-corrected chi connectivity index (χ1v) is 6.91. The van der Waals surface area contributed by atoms with Crippen LogP contribution in [0.2, 0.25) is 0 Å². The number of nitrogen functional groups attached to an aromatic ring is 1. The molecule has 0 fully saturated rings. The maximum Gasteiger partial charge on any atom is 0.222 e. The number of aromatic hydroxyl groups is 1. The summed E-state index contributed by atoms with van der Waals surface area (Å²) in [6.07, 6.45) is 1.12. The number of amides is 1. The van der Waals surface area contributed by atoms with E-state index >= 15 is 0 Å². The van der Waals surface area contributed by atoms with Crippen molar-refractivity contribution in [1.82, 2.24) is 4.90 Å². The van der Waals surface area contributed by atoms with Gasteiger partial charge in [-0.3, -0.25) is 4.79 Å². The molecule has 4 nitrogen and oxygen atoms in total. The number of nitrogens with zero attached hydrogens (tertiary/aromatic N) is 1. The summed E-state index contributed by atoms with van der Waals surface area (Å²) in [5, 5.41) is 9.43. The fourth-order valence-electron chi connectivity index (χ4n) is 2.21. The average molecular weight is 284 g/mol. The van der Waals surface area contributed by atoms with Crippen molar-refractivity contribution in [2.45, 2.75) is 19.4 Å². The van der Waals surface area contributed by atoms with Crippen LogP contribution in [0.15, 0.2) is 48.5 Å². The molecule has 2 aromatic rings. The number of rotatable bonds is 5. The minimum Gasteiger partial charge on any atom is -0.508 e. The van der Waals surface area contributed by atoms with Crippen LogP contribution in [0.25, 0.3) is 0 Å². The fraction of sp³-hybridized carbons (Fsp3) is 0.235. The molecular weight excluding hydrogens is 264 g/mol. The van der Waals surface area contributed by atoms with E-state index in [0.717, 1.165) is 11.1 Å². The molecule has 0 saturated heterocycles. The van der Waals surface area contributed by atoms with Crippen LogP contribution in [-0.2, 0) is 17.8 Å². The highest BCUT2D eigenvalue weighted by Gasteiger charge is 2.09. The first kappa shape index (κ1) is 14.9. The van der Waals surface area contributed by atoms with Gasteiger partial charge >= 0.3 is 0 Å². The number of carbonyl (C=O) groups excluding carboxylic acids is 1. The number of nitrogens with two attached hydrogens (primary N) is 1. The van der Waals surface area contributed by atoms with Crippen molar-refractivity contribution < 1.29 is 9.90 Å². The highest BCUT2D eigenvalue weighted by Crippen LogP contribution is 2.14. The molecule has 2 aromatic carbocycles. The van der Waals surface area contributed by atoms with Crippen molar-refractivity contribution in [1.29, 1.82) is 0 Å². The molecule has 2 rings (SSSR count). The van der Waals surface area contributed by atoms with Gasteiger partial charge in [0.15, 0.2) is 0 Å². The van der Waals surface area contributed by atoms with Crippen molar-refractivity contribution >= 4 is 11.6 Å². The lowest BCUT2D eigenvalue weighted by Gasteiger charge is -2.17. The van der Waals surface area contributed by atoms with Gasteiger partial charge in [-0.2, -0.15) is 0 Å². The lowest BCUT2D eigenvalue weighted by molar-refractivity contribution is -0.130. The van der Waals surface area contributed by atoms with Crippen molar-refractivity contribution in [2.75, 3.05) is 12.8 Å². The van der Waals surface area contributed by atoms with Crippen molar-refractivity contribution in [3.8, 4) is 5.75 Å². The van der Waals surface area contributed by atoms with Gasteiger partial charge in [0.05, 0.1) is 0 Å². The Kier molecular flexibility index (Phi) is 4.82. The van der Waals surface area contributed by atoms with Gasteiger partial charge < -0.3 is 15.7 Å². The Morgan fingerprint density at radius 1 is 1.14 bits per heavy atom. The lowest BCUT2D eigenvalue weighted by atomic mass is 10.1. The number of carbonyl (C=O) groups is 1. The smallest absolute Gasteiger partial charge is 0.222 e. The van der Waals surface area contributed by atoms with Gasteiger partial charge in [-0.15, -0.1) is 0 Å². The average Bonchev–Trinajstić information content (AvgIpc) is 2.45. The molecule has 0 radical (unpaired) electrons. The van der Waals surface area contributed by atoms with Crippen LogP contribution in [-0.4, -0.2) is 23.0 Å². The predicted octanol–water partition coefficient (Wildman–Crippen LogP) is 2.57. The van der Waals surface area contributed by atoms with Crippen molar-refractivity contribution in [3.05, 3.63) is 59.7 Å². The van der Waals surface area contributed by atoms with E-state index < -0.39 is 0 Å². The fourth-order valence-corrected chi connectivity index (χ4v) is 2.21. The van der Waals surface area contributed by atoms with E-state index in [1.165, 1.54) is 0 Å². The monoisotopic (exact) mass is 284 g/mol. The van der Waals surface area contributed by atoms with Crippen LogP contribution in [0.4, 0.5) is 5.69 Å². The number of phenols is 1. The Morgan fingerprint density at radius 3 is 2.57 bits per heavy atom. The minimum atomic E-state index is 0.0702. The van der Waals surface area contributed by atoms with Crippen LogP contribution in [0, 0.1) is 0 Å². The molecule has 0 saturated carbocycles. The molecule has 4 heteroatoms. The van der Waals surface area contributed by atoms with Gasteiger partial charge in [0.2, 0.25) is 5.91 Å². The highest BCUT2D eigenvalue weighted by molar-refractivity contribution is 5.76. The summed E-state index contributed by atoms with van der Waals surface area (Å²) in [4.78, 5) is 13.8. The Morgan fingerprint density at radius 2 is 1.86 bits per heavy atom. The molecule has 0 aliphatic heterocycles. The molecule has 110 valence electrons. The van der Waals surface area contributed by atoms with Gasteiger partial charge in [-0.05, 0) is 41.8 Å². The maximum absolute atomic E-state index is 12.1. The molecule has 21 heavy (non-hydrogen) atoms. The maximum atomic E-state index is 12.1. The summed E-state index contributed by atoms with van der Waals surface area (Å²) < 4.78 is 0. The van der Waals surface area contributed by atoms with E-state index in [9.17, 15) is 9.90 Å². The molecule has 3 N–H and O–H groups in total. The van der Waals surface area contributed by atoms with E-state index in [1.807, 2.05) is 30.3 Å². The molecule has 1 amide bonds. The van der Waals surface area contributed by atoms with E-state index in [0.29, 0.717) is 25.1 Å². The van der Waals surface area contributed by atoms with Crippen LogP contribution in [0.1, 0.15) is 17.5 Å². The second kappa shape index (κ2) is 6.79. The third-order valence-corrected chi connectivity index (χ3v) is 3.33. The molecular formula is C17H20N2O2. The summed E-state index contributed by atoms with van der Waals surface area (Å²) in [7, 11) is 1.77. The Balaban J connectivity index is 1.88. The molecule has 0 bridgehead atoms. The summed E-state index contributed by atoms with van der Waals surface area (Å²) >= 11 is 0. The van der Waals surface area contributed by atoms with Gasteiger partial charge in [-0.25, -0.2) is 0 Å². The molecule has 0 heterocycles. The summed E-state index contributed by atoms with van der Waals surface area (Å²) in [6.45, 7) is 0.490. The first-order valence-electron chi connectivity index (χ1n) is 6.91. The third-order valence-electron chi connectivity index (χ3n) is 3.33. The van der Waals surface area contributed by atoms with Gasteiger partial charge in [0.1, 0.15) is 5.75 Å². The molecule has 0 aliphatic rings. The number of benzene rings is 2. The van der Waals surface area contributed by atoms with E-state index in [4.69, 9.17) is 5.73 Å². The summed E-state index contributed by atoms with van der Waals surface area (Å²) in [5.74, 6) is 0.286. The molecule has 0 unspecified atom stereocenters. The van der Waals surface area contributed by atoms with Crippen LogP contribution >= 0.6 is 0 Å². The molecule has 0 aliphatic carbocycles. The second-order valence-electron chi connectivity index (χ2n) is 5.16.